The highest BCUT2D eigenvalue weighted by Crippen LogP contribution is 2.03. The lowest BCUT2D eigenvalue weighted by atomic mass is 10.3. The van der Waals surface area contributed by atoms with Gasteiger partial charge in [-0.05, 0) is 38.4 Å². The molecule has 0 radical (unpaired) electrons. The Labute approximate surface area is 85.9 Å². The number of hydrogen-bond acceptors (Lipinski definition) is 2. The number of nitrogens with zero attached hydrogens (tertiary/aromatic N) is 1. The van der Waals surface area contributed by atoms with E-state index in [0.29, 0.717) is 0 Å². The summed E-state index contributed by atoms with van der Waals surface area (Å²) in [6, 6.07) is 4.21. The Hall–Kier alpha value is -0.800. The van der Waals surface area contributed by atoms with Crippen molar-refractivity contribution in [1.82, 2.24) is 4.57 Å². The third-order valence-electron chi connectivity index (χ3n) is 2.22. The highest BCUT2D eigenvalue weighted by molar-refractivity contribution is 5.07. The summed E-state index contributed by atoms with van der Waals surface area (Å²) in [4.78, 5) is 0. The summed E-state index contributed by atoms with van der Waals surface area (Å²) in [6.07, 6.45) is 4.14. The lowest BCUT2D eigenvalue weighted by molar-refractivity contribution is 0.141. The summed E-state index contributed by atoms with van der Waals surface area (Å²) in [5.41, 5.74) is 6.85. The average molecular weight is 196 g/mol. The van der Waals surface area contributed by atoms with E-state index in [1.165, 1.54) is 5.69 Å². The van der Waals surface area contributed by atoms with Crippen molar-refractivity contribution < 1.29 is 4.74 Å². The minimum Gasteiger partial charge on any atom is -0.382 e. The van der Waals surface area contributed by atoms with Gasteiger partial charge < -0.3 is 15.0 Å². The van der Waals surface area contributed by atoms with E-state index in [1.807, 2.05) is 6.92 Å². The van der Waals surface area contributed by atoms with Crippen LogP contribution in [0.1, 0.15) is 19.0 Å². The summed E-state index contributed by atoms with van der Waals surface area (Å²) >= 11 is 0. The first-order valence-corrected chi connectivity index (χ1v) is 5.30. The van der Waals surface area contributed by atoms with E-state index in [1.54, 1.807) is 0 Å². The first kappa shape index (κ1) is 11.3. The van der Waals surface area contributed by atoms with Crippen LogP contribution in [0.3, 0.4) is 0 Å². The molecule has 2 N–H and O–H groups in total. The lowest BCUT2D eigenvalue weighted by Crippen LogP contribution is -2.09. The monoisotopic (exact) mass is 196 g/mol. The molecule has 0 aliphatic rings. The highest BCUT2D eigenvalue weighted by atomic mass is 16.5. The first-order chi connectivity index (χ1) is 6.88. The van der Waals surface area contributed by atoms with Gasteiger partial charge in [-0.1, -0.05) is 0 Å². The average Bonchev–Trinajstić information content (AvgIpc) is 2.61. The minimum absolute atomic E-state index is 0.718. The van der Waals surface area contributed by atoms with Crippen LogP contribution in [-0.2, 0) is 17.7 Å². The van der Waals surface area contributed by atoms with Gasteiger partial charge in [-0.3, -0.25) is 0 Å². The maximum Gasteiger partial charge on any atom is 0.0482 e. The molecular formula is C11H20N2O. The molecule has 1 heterocycles. The van der Waals surface area contributed by atoms with Crippen molar-refractivity contribution in [2.24, 2.45) is 5.73 Å². The molecule has 0 saturated heterocycles. The van der Waals surface area contributed by atoms with Gasteiger partial charge in [0.1, 0.15) is 0 Å². The topological polar surface area (TPSA) is 40.2 Å². The fourth-order valence-electron chi connectivity index (χ4n) is 1.52. The molecule has 0 saturated carbocycles. The van der Waals surface area contributed by atoms with Crippen LogP contribution in [-0.4, -0.2) is 24.3 Å². The van der Waals surface area contributed by atoms with Crippen LogP contribution in [0.2, 0.25) is 0 Å². The SMILES string of the molecule is CCOCCCn1cccc1CCN. The van der Waals surface area contributed by atoms with Gasteiger partial charge in [0.15, 0.2) is 0 Å². The third kappa shape index (κ3) is 3.52. The molecule has 0 amide bonds. The van der Waals surface area contributed by atoms with Crippen LogP contribution in [0.25, 0.3) is 0 Å². The van der Waals surface area contributed by atoms with Gasteiger partial charge >= 0.3 is 0 Å². The molecule has 1 aromatic rings. The van der Waals surface area contributed by atoms with Gasteiger partial charge in [0.2, 0.25) is 0 Å². The smallest absolute Gasteiger partial charge is 0.0482 e. The van der Waals surface area contributed by atoms with E-state index in [9.17, 15) is 0 Å². The molecule has 1 rings (SSSR count). The molecule has 1 aromatic heterocycles. The quantitative estimate of drug-likeness (QED) is 0.670. The van der Waals surface area contributed by atoms with Crippen LogP contribution in [0, 0.1) is 0 Å². The van der Waals surface area contributed by atoms with Crippen molar-refractivity contribution in [3.05, 3.63) is 24.0 Å². The zero-order valence-corrected chi connectivity index (χ0v) is 8.91. The normalized spacial score (nSPS) is 10.7. The highest BCUT2D eigenvalue weighted by Gasteiger charge is 1.98. The maximum absolute atomic E-state index is 5.53. The molecule has 0 spiro atoms. The Morgan fingerprint density at radius 2 is 2.36 bits per heavy atom. The maximum atomic E-state index is 5.53. The summed E-state index contributed by atoms with van der Waals surface area (Å²) in [7, 11) is 0. The predicted octanol–water partition coefficient (Wildman–Crippen LogP) is 1.42. The number of rotatable bonds is 7. The van der Waals surface area contributed by atoms with Crippen molar-refractivity contribution in [2.75, 3.05) is 19.8 Å². The summed E-state index contributed by atoms with van der Waals surface area (Å²) in [6.45, 7) is 5.42. The standard InChI is InChI=1S/C11H20N2O/c1-2-14-10-4-9-13-8-3-5-11(13)6-7-12/h3,5,8H,2,4,6-7,9-10,12H2,1H3. The molecule has 0 fully saturated rings. The second kappa shape index (κ2) is 6.62. The number of aromatic nitrogens is 1. The van der Waals surface area contributed by atoms with E-state index in [0.717, 1.165) is 39.1 Å². The van der Waals surface area contributed by atoms with Crippen LogP contribution in [0.5, 0.6) is 0 Å². The molecule has 0 bridgehead atoms. The largest absolute Gasteiger partial charge is 0.382 e. The Morgan fingerprint density at radius 3 is 3.07 bits per heavy atom. The second-order valence-corrected chi connectivity index (χ2v) is 3.28. The number of ether oxygens (including phenoxy) is 1. The Morgan fingerprint density at radius 1 is 1.50 bits per heavy atom. The van der Waals surface area contributed by atoms with Crippen LogP contribution in [0.4, 0.5) is 0 Å². The molecule has 0 aromatic carbocycles. The van der Waals surface area contributed by atoms with Gasteiger partial charge in [0.05, 0.1) is 0 Å². The van der Waals surface area contributed by atoms with Crippen LogP contribution < -0.4 is 5.73 Å². The zero-order chi connectivity index (χ0) is 10.2. The minimum atomic E-state index is 0.718. The fourth-order valence-corrected chi connectivity index (χ4v) is 1.52. The lowest BCUT2D eigenvalue weighted by Gasteiger charge is -2.08. The van der Waals surface area contributed by atoms with E-state index in [2.05, 4.69) is 22.9 Å². The van der Waals surface area contributed by atoms with E-state index in [-0.39, 0.29) is 0 Å². The van der Waals surface area contributed by atoms with E-state index < -0.39 is 0 Å². The van der Waals surface area contributed by atoms with Crippen molar-refractivity contribution >= 4 is 0 Å². The Balaban J connectivity index is 2.30. The summed E-state index contributed by atoms with van der Waals surface area (Å²) in [5.74, 6) is 0. The number of aryl methyl sites for hydroxylation is 1. The summed E-state index contributed by atoms with van der Waals surface area (Å²) < 4.78 is 7.55. The molecular weight excluding hydrogens is 176 g/mol. The Bertz CT molecular complexity index is 245. The van der Waals surface area contributed by atoms with Gasteiger partial charge in [-0.2, -0.15) is 0 Å². The molecule has 0 aliphatic carbocycles. The summed E-state index contributed by atoms with van der Waals surface area (Å²) in [5, 5.41) is 0. The molecule has 14 heavy (non-hydrogen) atoms. The van der Waals surface area contributed by atoms with E-state index >= 15 is 0 Å². The molecule has 0 aliphatic heterocycles. The molecule has 80 valence electrons. The van der Waals surface area contributed by atoms with Gasteiger partial charge in [-0.25, -0.2) is 0 Å². The first-order valence-electron chi connectivity index (χ1n) is 5.30. The van der Waals surface area contributed by atoms with Crippen LogP contribution >= 0.6 is 0 Å². The molecule has 3 nitrogen and oxygen atoms in total. The molecule has 3 heteroatoms. The fraction of sp³-hybridized carbons (Fsp3) is 0.636. The third-order valence-corrected chi connectivity index (χ3v) is 2.22. The second-order valence-electron chi connectivity index (χ2n) is 3.28. The zero-order valence-electron chi connectivity index (χ0n) is 8.91. The van der Waals surface area contributed by atoms with Gasteiger partial charge in [0.25, 0.3) is 0 Å². The van der Waals surface area contributed by atoms with Crippen molar-refractivity contribution in [3.63, 3.8) is 0 Å². The van der Waals surface area contributed by atoms with Crippen LogP contribution in [0.15, 0.2) is 18.3 Å². The Kier molecular flexibility index (Phi) is 5.33. The molecule has 0 atom stereocenters. The predicted molar refractivity (Wildman–Crippen MR) is 58.3 cm³/mol. The van der Waals surface area contributed by atoms with E-state index in [4.69, 9.17) is 10.5 Å². The van der Waals surface area contributed by atoms with Crippen molar-refractivity contribution in [3.8, 4) is 0 Å². The van der Waals surface area contributed by atoms with Gasteiger partial charge in [-0.15, -0.1) is 0 Å². The van der Waals surface area contributed by atoms with Gasteiger partial charge in [0, 0.05) is 31.6 Å². The van der Waals surface area contributed by atoms with Crippen molar-refractivity contribution in [1.29, 1.82) is 0 Å². The number of hydrogen-bond donors (Lipinski definition) is 1. The molecule has 0 unspecified atom stereocenters. The van der Waals surface area contributed by atoms with Crippen molar-refractivity contribution in [2.45, 2.75) is 26.3 Å². The number of nitrogens with two attached hydrogens (primary N) is 1.